The average molecular weight is 257 g/mol. The Balaban J connectivity index is 1.46. The summed E-state index contributed by atoms with van der Waals surface area (Å²) in [6.45, 7) is 4.84. The smallest absolute Gasteiger partial charge is 0.138 e. The standard InChI is InChI=1S/C13H15N5O/c1-10-4-13(19-16-10)2-3-17-8-12(9-17)18-7-11(5-14)6-15-18/h4,6-7,12H,2-3,8-9H2,1H3. The highest BCUT2D eigenvalue weighted by molar-refractivity contribution is 5.22. The minimum absolute atomic E-state index is 0.388. The summed E-state index contributed by atoms with van der Waals surface area (Å²) in [5, 5.41) is 16.8. The fraction of sp³-hybridized carbons (Fsp3) is 0.462. The van der Waals surface area contributed by atoms with E-state index in [1.54, 1.807) is 6.20 Å². The van der Waals surface area contributed by atoms with E-state index in [2.05, 4.69) is 21.2 Å². The second-order valence-corrected chi connectivity index (χ2v) is 4.92. The fourth-order valence-corrected chi connectivity index (χ4v) is 2.29. The van der Waals surface area contributed by atoms with Crippen LogP contribution in [0.1, 0.15) is 23.1 Å². The highest BCUT2D eigenvalue weighted by Gasteiger charge is 2.28. The topological polar surface area (TPSA) is 70.9 Å². The molecule has 3 heterocycles. The predicted molar refractivity (Wildman–Crippen MR) is 67.4 cm³/mol. The number of likely N-dealkylation sites (tertiary alicyclic amines) is 1. The lowest BCUT2D eigenvalue weighted by atomic mass is 10.1. The first-order valence-corrected chi connectivity index (χ1v) is 6.33. The van der Waals surface area contributed by atoms with E-state index in [9.17, 15) is 0 Å². The quantitative estimate of drug-likeness (QED) is 0.821. The Bertz CT molecular complexity index is 603. The molecule has 0 aliphatic carbocycles. The second-order valence-electron chi connectivity index (χ2n) is 4.92. The highest BCUT2D eigenvalue weighted by Crippen LogP contribution is 2.21. The van der Waals surface area contributed by atoms with Gasteiger partial charge < -0.3 is 4.52 Å². The summed E-state index contributed by atoms with van der Waals surface area (Å²) < 4.78 is 7.06. The van der Waals surface area contributed by atoms with Gasteiger partial charge in [-0.25, -0.2) is 0 Å². The lowest BCUT2D eigenvalue weighted by Gasteiger charge is -2.39. The molecule has 0 atom stereocenters. The summed E-state index contributed by atoms with van der Waals surface area (Å²) in [7, 11) is 0. The van der Waals surface area contributed by atoms with Gasteiger partial charge in [-0.1, -0.05) is 5.16 Å². The van der Waals surface area contributed by atoms with Crippen LogP contribution in [0.25, 0.3) is 0 Å². The van der Waals surface area contributed by atoms with Gasteiger partial charge in [-0.05, 0) is 6.92 Å². The molecule has 6 nitrogen and oxygen atoms in total. The zero-order valence-corrected chi connectivity index (χ0v) is 10.8. The first-order chi connectivity index (χ1) is 9.24. The summed E-state index contributed by atoms with van der Waals surface area (Å²) >= 11 is 0. The minimum atomic E-state index is 0.388. The van der Waals surface area contributed by atoms with E-state index in [0.717, 1.165) is 37.5 Å². The van der Waals surface area contributed by atoms with Gasteiger partial charge in [-0.3, -0.25) is 9.58 Å². The number of nitriles is 1. The summed E-state index contributed by atoms with van der Waals surface area (Å²) in [4.78, 5) is 2.34. The second kappa shape index (κ2) is 4.86. The van der Waals surface area contributed by atoms with Crippen molar-refractivity contribution in [1.82, 2.24) is 19.8 Å². The third-order valence-corrected chi connectivity index (χ3v) is 3.39. The molecule has 0 saturated carbocycles. The molecule has 98 valence electrons. The van der Waals surface area contributed by atoms with Crippen LogP contribution in [0.2, 0.25) is 0 Å². The van der Waals surface area contributed by atoms with Crippen molar-refractivity contribution >= 4 is 0 Å². The maximum atomic E-state index is 8.76. The van der Waals surface area contributed by atoms with Crippen molar-refractivity contribution in [1.29, 1.82) is 5.26 Å². The Morgan fingerprint density at radius 2 is 2.37 bits per heavy atom. The van der Waals surface area contributed by atoms with Gasteiger partial charge in [0, 0.05) is 38.3 Å². The zero-order valence-electron chi connectivity index (χ0n) is 10.8. The van der Waals surface area contributed by atoms with E-state index in [1.807, 2.05) is 23.9 Å². The molecule has 6 heteroatoms. The predicted octanol–water partition coefficient (Wildman–Crippen LogP) is 1.15. The maximum absolute atomic E-state index is 8.76. The monoisotopic (exact) mass is 257 g/mol. The van der Waals surface area contributed by atoms with E-state index in [1.165, 1.54) is 0 Å². The van der Waals surface area contributed by atoms with Crippen LogP contribution in [0.3, 0.4) is 0 Å². The number of rotatable bonds is 4. The lowest BCUT2D eigenvalue weighted by molar-refractivity contribution is 0.0978. The summed E-state index contributed by atoms with van der Waals surface area (Å²) in [6.07, 6.45) is 4.30. The molecule has 0 radical (unpaired) electrons. The van der Waals surface area contributed by atoms with Gasteiger partial charge in [-0.2, -0.15) is 10.4 Å². The van der Waals surface area contributed by atoms with Crippen LogP contribution in [0, 0.1) is 18.3 Å². The van der Waals surface area contributed by atoms with E-state index < -0.39 is 0 Å². The van der Waals surface area contributed by atoms with Gasteiger partial charge in [0.15, 0.2) is 0 Å². The Morgan fingerprint density at radius 1 is 1.53 bits per heavy atom. The Morgan fingerprint density at radius 3 is 3.00 bits per heavy atom. The molecule has 1 aliphatic rings. The van der Waals surface area contributed by atoms with Crippen molar-refractivity contribution in [2.24, 2.45) is 0 Å². The van der Waals surface area contributed by atoms with Crippen LogP contribution < -0.4 is 0 Å². The van der Waals surface area contributed by atoms with Gasteiger partial charge in [0.2, 0.25) is 0 Å². The molecule has 0 bridgehead atoms. The Hall–Kier alpha value is -2.13. The van der Waals surface area contributed by atoms with Crippen molar-refractivity contribution in [2.45, 2.75) is 19.4 Å². The zero-order chi connectivity index (χ0) is 13.2. The summed E-state index contributed by atoms with van der Waals surface area (Å²) in [6, 6.07) is 4.46. The number of nitrogens with zero attached hydrogens (tertiary/aromatic N) is 5. The van der Waals surface area contributed by atoms with Crippen LogP contribution in [0.15, 0.2) is 23.0 Å². The molecule has 0 amide bonds. The van der Waals surface area contributed by atoms with E-state index in [4.69, 9.17) is 9.78 Å². The molecule has 0 unspecified atom stereocenters. The third-order valence-electron chi connectivity index (χ3n) is 3.39. The highest BCUT2D eigenvalue weighted by atomic mass is 16.5. The van der Waals surface area contributed by atoms with Crippen molar-refractivity contribution < 1.29 is 4.52 Å². The fourth-order valence-electron chi connectivity index (χ4n) is 2.29. The van der Waals surface area contributed by atoms with Crippen LogP contribution in [-0.4, -0.2) is 39.5 Å². The first kappa shape index (κ1) is 11.9. The average Bonchev–Trinajstić information content (AvgIpc) is 2.96. The molecule has 19 heavy (non-hydrogen) atoms. The van der Waals surface area contributed by atoms with Crippen LogP contribution in [0.4, 0.5) is 0 Å². The normalized spacial score (nSPS) is 16.2. The van der Waals surface area contributed by atoms with Crippen LogP contribution in [0.5, 0.6) is 0 Å². The third kappa shape index (κ3) is 2.51. The maximum Gasteiger partial charge on any atom is 0.138 e. The Kier molecular flexibility index (Phi) is 3.05. The molecule has 1 aliphatic heterocycles. The molecular formula is C13H15N5O. The van der Waals surface area contributed by atoms with Gasteiger partial charge in [0.05, 0.1) is 23.5 Å². The summed E-state index contributed by atoms with van der Waals surface area (Å²) in [5.74, 6) is 0.937. The number of hydrogen-bond donors (Lipinski definition) is 0. The van der Waals surface area contributed by atoms with Gasteiger partial charge in [0.1, 0.15) is 11.8 Å². The van der Waals surface area contributed by atoms with E-state index in [0.29, 0.717) is 11.6 Å². The lowest BCUT2D eigenvalue weighted by Crippen LogP contribution is -2.48. The molecular weight excluding hydrogens is 242 g/mol. The molecule has 2 aromatic heterocycles. The number of hydrogen-bond acceptors (Lipinski definition) is 5. The molecule has 0 aromatic carbocycles. The van der Waals surface area contributed by atoms with Gasteiger partial charge in [-0.15, -0.1) is 0 Å². The van der Waals surface area contributed by atoms with Crippen LogP contribution in [-0.2, 0) is 6.42 Å². The Labute approximate surface area is 111 Å². The SMILES string of the molecule is Cc1cc(CCN2CC(n3cc(C#N)cn3)C2)on1. The number of aromatic nitrogens is 3. The van der Waals surface area contributed by atoms with Crippen molar-refractivity contribution in [3.05, 3.63) is 35.5 Å². The molecule has 2 aromatic rings. The molecule has 0 N–H and O–H groups in total. The molecule has 0 spiro atoms. The minimum Gasteiger partial charge on any atom is -0.361 e. The van der Waals surface area contributed by atoms with Crippen molar-refractivity contribution in [3.63, 3.8) is 0 Å². The van der Waals surface area contributed by atoms with Crippen molar-refractivity contribution in [3.8, 4) is 6.07 Å². The molecule has 3 rings (SSSR count). The van der Waals surface area contributed by atoms with Crippen LogP contribution >= 0.6 is 0 Å². The largest absolute Gasteiger partial charge is 0.361 e. The van der Waals surface area contributed by atoms with E-state index in [-0.39, 0.29) is 0 Å². The van der Waals surface area contributed by atoms with Gasteiger partial charge >= 0.3 is 0 Å². The van der Waals surface area contributed by atoms with E-state index >= 15 is 0 Å². The van der Waals surface area contributed by atoms with Crippen molar-refractivity contribution in [2.75, 3.05) is 19.6 Å². The molecule has 1 fully saturated rings. The van der Waals surface area contributed by atoms with Gasteiger partial charge in [0.25, 0.3) is 0 Å². The molecule has 1 saturated heterocycles. The summed E-state index contributed by atoms with van der Waals surface area (Å²) in [5.41, 5.74) is 1.55. The number of aryl methyl sites for hydroxylation is 1. The first-order valence-electron chi connectivity index (χ1n) is 6.33.